The molecule has 0 unspecified atom stereocenters. The van der Waals surface area contributed by atoms with Crippen LogP contribution in [0.3, 0.4) is 0 Å². The van der Waals surface area contributed by atoms with Gasteiger partial charge >= 0.3 is 0 Å². The number of hydrogen-bond donors (Lipinski definition) is 1. The first kappa shape index (κ1) is 41.0. The number of fused-ring (bicyclic) bond motifs is 1. The molecule has 0 saturated carbocycles. The van der Waals surface area contributed by atoms with Crippen molar-refractivity contribution < 1.29 is 12.0 Å². The molecule has 0 aliphatic heterocycles. The van der Waals surface area contributed by atoms with Crippen molar-refractivity contribution >= 4 is 11.0 Å². The van der Waals surface area contributed by atoms with E-state index in [1.54, 1.807) is 6.07 Å². The Morgan fingerprint density at radius 1 is 0.465 bits per heavy atom. The van der Waals surface area contributed by atoms with Crippen molar-refractivity contribution in [1.29, 1.82) is 0 Å². The molecule has 0 aliphatic rings. The summed E-state index contributed by atoms with van der Waals surface area (Å²) in [6.45, 7) is 13.0. The summed E-state index contributed by atoms with van der Waals surface area (Å²) in [5.74, 6) is -1.34. The molecule has 352 valence electrons. The molecule has 0 amide bonds. The molecular weight excluding hydrogens is 863 g/mol. The lowest BCUT2D eigenvalue weighted by atomic mass is 9.90. The summed E-state index contributed by atoms with van der Waals surface area (Å²) < 4.78 is 47.3. The number of aromatic hydroxyl groups is 1. The van der Waals surface area contributed by atoms with E-state index in [0.29, 0.717) is 33.7 Å². The van der Waals surface area contributed by atoms with E-state index in [4.69, 9.17) is 16.8 Å². The lowest BCUT2D eigenvalue weighted by Crippen LogP contribution is -2.03. The van der Waals surface area contributed by atoms with Crippen LogP contribution in [0.15, 0.2) is 188 Å². The molecule has 0 radical (unpaired) electrons. The maximum atomic E-state index is 12.4. The lowest BCUT2D eigenvalue weighted by Gasteiger charge is -2.19. The average Bonchev–Trinajstić information content (AvgIpc) is 3.81. The van der Waals surface area contributed by atoms with Gasteiger partial charge in [-0.2, -0.15) is 0 Å². The fraction of sp³-hybridized carbons (Fsp3) is 0.194. The molecule has 10 aromatic rings. The highest BCUT2D eigenvalue weighted by atomic mass is 16.3. The van der Waals surface area contributed by atoms with Gasteiger partial charge in [0.15, 0.2) is 0 Å². The van der Waals surface area contributed by atoms with Gasteiger partial charge in [0.1, 0.15) is 11.6 Å². The van der Waals surface area contributed by atoms with Crippen LogP contribution >= 0.6 is 0 Å². The predicted molar refractivity (Wildman–Crippen MR) is 300 cm³/mol. The first-order valence-corrected chi connectivity index (χ1v) is 24.7. The van der Waals surface area contributed by atoms with Gasteiger partial charge in [-0.05, 0) is 163 Å². The molecule has 0 aliphatic carbocycles. The number of phenolic OH excluding ortho intramolecular Hbond substituents is 1. The minimum atomic E-state index is -2.60. The molecule has 71 heavy (non-hydrogen) atoms. The van der Waals surface area contributed by atoms with Crippen LogP contribution in [-0.2, 0) is 0 Å². The van der Waals surface area contributed by atoms with E-state index in [0.717, 1.165) is 83.6 Å². The summed E-state index contributed by atoms with van der Waals surface area (Å²) in [5, 5.41) is 12.4. The Labute approximate surface area is 427 Å². The van der Waals surface area contributed by atoms with Crippen LogP contribution in [0.25, 0.3) is 95.0 Å². The monoisotopic (exact) mass is 931 g/mol. The number of hydrogen-bond acceptors (Lipinski definition) is 3. The zero-order valence-corrected chi connectivity index (χ0v) is 41.8. The van der Waals surface area contributed by atoms with Crippen LogP contribution in [0.4, 0.5) is 0 Å². The zero-order chi connectivity index (χ0) is 53.8. The Kier molecular flexibility index (Phi) is 11.3. The van der Waals surface area contributed by atoms with Crippen LogP contribution in [0, 0.1) is 6.85 Å². The summed E-state index contributed by atoms with van der Waals surface area (Å²) in [6, 6.07) is 61.2. The largest absolute Gasteiger partial charge is 0.507 e. The molecule has 0 spiro atoms. The fourth-order valence-corrected chi connectivity index (χ4v) is 9.64. The Bertz CT molecular complexity index is 3740. The van der Waals surface area contributed by atoms with Crippen molar-refractivity contribution in [1.82, 2.24) is 14.5 Å². The number of benzene rings is 8. The normalized spacial score (nSPS) is 13.2. The molecule has 0 bridgehead atoms. The second-order valence-electron chi connectivity index (χ2n) is 19.8. The lowest BCUT2D eigenvalue weighted by molar-refractivity contribution is 0.466. The smallest absolute Gasteiger partial charge is 0.149 e. The van der Waals surface area contributed by atoms with Crippen molar-refractivity contribution in [3.63, 3.8) is 0 Å². The Hall–Kier alpha value is -7.82. The molecule has 4 heteroatoms. The average molecular weight is 931 g/mol. The maximum Gasteiger partial charge on any atom is 0.149 e. The standard InChI is InChI=1S/C67H63N3O/c1-41(2)52-32-53(42(3)4)34-56(33-52)50-27-28-63(45(9)31-50)70-64-22-16-21-59(65(64)69-67(70)61-39-54(43(5)6)38-60(44(7)8)66(61)71)57-35-55(47-19-14-11-15-20-47)36-58(37-57)62-40-51(29-30-68-62)49-25-23-48(24-26-49)46-17-12-10-13-18-46/h10-44,71H,1-9H3/i9D3,41D,42D. The number of para-hydroxylation sites is 1. The van der Waals surface area contributed by atoms with Crippen LogP contribution in [0.2, 0.25) is 0 Å². The number of aromatic nitrogens is 3. The number of nitrogens with zero attached hydrogens (tertiary/aromatic N) is 3. The molecule has 10 rings (SSSR count). The van der Waals surface area contributed by atoms with Crippen molar-refractivity contribution in [3.8, 4) is 89.7 Å². The van der Waals surface area contributed by atoms with Gasteiger partial charge in [-0.1, -0.05) is 183 Å². The molecule has 0 atom stereocenters. The highest BCUT2D eigenvalue weighted by molar-refractivity contribution is 5.98. The number of pyridine rings is 1. The third-order valence-corrected chi connectivity index (χ3v) is 13.8. The summed E-state index contributed by atoms with van der Waals surface area (Å²) in [5.41, 5.74) is 16.8. The van der Waals surface area contributed by atoms with Gasteiger partial charge in [-0.25, -0.2) is 4.98 Å². The second kappa shape index (κ2) is 19.5. The Morgan fingerprint density at radius 2 is 1.04 bits per heavy atom. The first-order chi connectivity index (χ1) is 36.1. The molecular formula is C67H63N3O. The molecule has 8 aromatic carbocycles. The molecule has 4 nitrogen and oxygen atoms in total. The van der Waals surface area contributed by atoms with Crippen molar-refractivity contribution in [2.75, 3.05) is 0 Å². The van der Waals surface area contributed by atoms with E-state index in [1.807, 2.05) is 117 Å². The van der Waals surface area contributed by atoms with Gasteiger partial charge in [0.25, 0.3) is 0 Å². The topological polar surface area (TPSA) is 50.9 Å². The van der Waals surface area contributed by atoms with E-state index in [2.05, 4.69) is 125 Å². The molecule has 0 fully saturated rings. The van der Waals surface area contributed by atoms with E-state index >= 15 is 0 Å². The minimum Gasteiger partial charge on any atom is -0.507 e. The quantitative estimate of drug-likeness (QED) is 0.133. The molecule has 2 heterocycles. The summed E-state index contributed by atoms with van der Waals surface area (Å²) in [4.78, 5) is 10.5. The second-order valence-corrected chi connectivity index (χ2v) is 19.8. The fourth-order valence-electron chi connectivity index (χ4n) is 9.64. The predicted octanol–water partition coefficient (Wildman–Crippen LogP) is 18.6. The van der Waals surface area contributed by atoms with E-state index in [9.17, 15) is 5.11 Å². The van der Waals surface area contributed by atoms with Crippen molar-refractivity contribution in [2.45, 2.75) is 85.9 Å². The molecule has 2 aromatic heterocycles. The summed E-state index contributed by atoms with van der Waals surface area (Å²) in [6.07, 6.45) is 1.86. The maximum absolute atomic E-state index is 12.4. The van der Waals surface area contributed by atoms with Gasteiger partial charge < -0.3 is 5.11 Å². The minimum absolute atomic E-state index is 0.0222. The Balaban J connectivity index is 1.21. The number of aryl methyl sites for hydroxylation is 1. The molecule has 0 saturated heterocycles. The SMILES string of the molecule is [2H]C([2H])([2H])c1cc(-c2cc(C([2H])(C)C)cc(C([2H])(C)C)c2)ccc1-n1c(-c2cc(C(C)C)cc(C(C)C)c2O)nc2c(-c3cc(-c4ccccc4)cc(-c4cc(-c5ccc(-c6ccccc6)cc5)ccn4)c3)cccc21. The van der Waals surface area contributed by atoms with E-state index in [1.165, 1.54) is 0 Å². The van der Waals surface area contributed by atoms with E-state index < -0.39 is 18.6 Å². The zero-order valence-electron chi connectivity index (χ0n) is 46.8. The van der Waals surface area contributed by atoms with Gasteiger partial charge in [0.05, 0.1) is 28.0 Å². The third-order valence-electron chi connectivity index (χ3n) is 13.8. The third kappa shape index (κ3) is 9.35. The number of rotatable bonds is 12. The highest BCUT2D eigenvalue weighted by Gasteiger charge is 2.25. The molecule has 1 N–H and O–H groups in total. The van der Waals surface area contributed by atoms with Gasteiger partial charge in [0.2, 0.25) is 0 Å². The van der Waals surface area contributed by atoms with Gasteiger partial charge in [-0.15, -0.1) is 0 Å². The van der Waals surface area contributed by atoms with Crippen molar-refractivity contribution in [2.24, 2.45) is 0 Å². The first-order valence-electron chi connectivity index (χ1n) is 27.2. The van der Waals surface area contributed by atoms with Gasteiger partial charge in [-0.3, -0.25) is 9.55 Å². The number of phenols is 1. The van der Waals surface area contributed by atoms with E-state index in [-0.39, 0.29) is 23.1 Å². The Morgan fingerprint density at radius 3 is 1.68 bits per heavy atom. The van der Waals surface area contributed by atoms with Crippen LogP contribution in [-0.4, -0.2) is 19.6 Å². The van der Waals surface area contributed by atoms with Gasteiger partial charge in [0, 0.05) is 24.2 Å². The van der Waals surface area contributed by atoms with Crippen LogP contribution < -0.4 is 0 Å². The highest BCUT2D eigenvalue weighted by Crippen LogP contribution is 2.44. The van der Waals surface area contributed by atoms with Crippen LogP contribution in [0.1, 0.15) is 114 Å². The summed E-state index contributed by atoms with van der Waals surface area (Å²) >= 11 is 0. The number of imidazole rings is 1. The summed E-state index contributed by atoms with van der Waals surface area (Å²) in [7, 11) is 0. The van der Waals surface area contributed by atoms with Crippen LogP contribution in [0.5, 0.6) is 5.75 Å². The van der Waals surface area contributed by atoms with Crippen molar-refractivity contribution in [3.05, 3.63) is 216 Å².